The number of nitrogens with one attached hydrogen (secondary N) is 1. The summed E-state index contributed by atoms with van der Waals surface area (Å²) in [4.78, 5) is 8.40. The van der Waals surface area contributed by atoms with Gasteiger partial charge in [0.2, 0.25) is 0 Å². The third-order valence-corrected chi connectivity index (χ3v) is 4.36. The molecule has 0 aromatic carbocycles. The minimum atomic E-state index is 0.372. The van der Waals surface area contributed by atoms with Gasteiger partial charge in [0, 0.05) is 23.5 Å². The van der Waals surface area contributed by atoms with E-state index in [-0.39, 0.29) is 0 Å². The standard InChI is InChI=1S/C13H23N3S/c1-9(13-10(2)17-11(3)15-13)14-12-6-5-7-16(4)8-12/h9,12,14H,5-8H2,1-4H3. The number of aromatic nitrogens is 1. The van der Waals surface area contributed by atoms with Crippen molar-refractivity contribution < 1.29 is 0 Å². The lowest BCUT2D eigenvalue weighted by atomic mass is 10.0. The van der Waals surface area contributed by atoms with Crippen molar-refractivity contribution in [1.29, 1.82) is 0 Å². The molecule has 96 valence electrons. The Kier molecular flexibility index (Phi) is 4.17. The molecule has 2 atom stereocenters. The highest BCUT2D eigenvalue weighted by molar-refractivity contribution is 7.11. The lowest BCUT2D eigenvalue weighted by Crippen LogP contribution is -2.44. The highest BCUT2D eigenvalue weighted by Gasteiger charge is 2.21. The molecule has 1 aromatic rings. The fourth-order valence-electron chi connectivity index (χ4n) is 2.68. The third kappa shape index (κ3) is 3.27. The Balaban J connectivity index is 1.96. The highest BCUT2D eigenvalue weighted by atomic mass is 32.1. The van der Waals surface area contributed by atoms with Gasteiger partial charge in [-0.2, -0.15) is 0 Å². The maximum absolute atomic E-state index is 4.64. The predicted octanol–water partition coefficient (Wildman–Crippen LogP) is 2.50. The number of aryl methyl sites for hydroxylation is 2. The van der Waals surface area contributed by atoms with E-state index in [2.05, 4.69) is 43.0 Å². The third-order valence-electron chi connectivity index (χ3n) is 3.46. The molecule has 17 heavy (non-hydrogen) atoms. The van der Waals surface area contributed by atoms with E-state index in [0.717, 1.165) is 6.54 Å². The molecule has 1 saturated heterocycles. The Morgan fingerprint density at radius 2 is 2.24 bits per heavy atom. The van der Waals surface area contributed by atoms with Crippen LogP contribution in [0.15, 0.2) is 0 Å². The second kappa shape index (κ2) is 5.46. The van der Waals surface area contributed by atoms with Crippen molar-refractivity contribution in [2.45, 2.75) is 45.7 Å². The topological polar surface area (TPSA) is 28.2 Å². The van der Waals surface area contributed by atoms with Crippen LogP contribution in [0.3, 0.4) is 0 Å². The normalized spacial score (nSPS) is 23.9. The highest BCUT2D eigenvalue weighted by Crippen LogP contribution is 2.23. The van der Waals surface area contributed by atoms with Crippen molar-refractivity contribution >= 4 is 11.3 Å². The van der Waals surface area contributed by atoms with Gasteiger partial charge in [0.05, 0.1) is 10.7 Å². The van der Waals surface area contributed by atoms with Crippen molar-refractivity contribution in [2.24, 2.45) is 0 Å². The Bertz CT molecular complexity index is 375. The van der Waals surface area contributed by atoms with Crippen molar-refractivity contribution in [3.05, 3.63) is 15.6 Å². The van der Waals surface area contributed by atoms with Crippen LogP contribution >= 0.6 is 11.3 Å². The monoisotopic (exact) mass is 253 g/mol. The van der Waals surface area contributed by atoms with Crippen LogP contribution in [0.1, 0.15) is 41.4 Å². The van der Waals surface area contributed by atoms with E-state index in [1.807, 2.05) is 0 Å². The van der Waals surface area contributed by atoms with E-state index in [4.69, 9.17) is 0 Å². The molecule has 2 heterocycles. The Hall–Kier alpha value is -0.450. The number of piperidine rings is 1. The molecule has 2 rings (SSSR count). The molecule has 2 unspecified atom stereocenters. The van der Waals surface area contributed by atoms with Crippen LogP contribution in [0, 0.1) is 13.8 Å². The average molecular weight is 253 g/mol. The number of hydrogen-bond donors (Lipinski definition) is 1. The number of hydrogen-bond acceptors (Lipinski definition) is 4. The second-order valence-electron chi connectivity index (χ2n) is 5.16. The minimum Gasteiger partial charge on any atom is -0.305 e. The summed E-state index contributed by atoms with van der Waals surface area (Å²) in [5.41, 5.74) is 1.24. The first-order chi connectivity index (χ1) is 8.06. The fraction of sp³-hybridized carbons (Fsp3) is 0.769. The van der Waals surface area contributed by atoms with Gasteiger partial charge < -0.3 is 10.2 Å². The van der Waals surface area contributed by atoms with Crippen molar-refractivity contribution in [2.75, 3.05) is 20.1 Å². The molecule has 1 fully saturated rings. The zero-order valence-electron chi connectivity index (χ0n) is 11.3. The Morgan fingerprint density at radius 3 is 2.82 bits per heavy atom. The van der Waals surface area contributed by atoms with E-state index < -0.39 is 0 Å². The van der Waals surface area contributed by atoms with Crippen molar-refractivity contribution in [3.8, 4) is 0 Å². The van der Waals surface area contributed by atoms with Crippen molar-refractivity contribution in [1.82, 2.24) is 15.2 Å². The van der Waals surface area contributed by atoms with Crippen LogP contribution in [0.25, 0.3) is 0 Å². The quantitative estimate of drug-likeness (QED) is 0.897. The SMILES string of the molecule is Cc1nc(C(C)NC2CCCN(C)C2)c(C)s1. The van der Waals surface area contributed by atoms with Crippen LogP contribution in [0.5, 0.6) is 0 Å². The van der Waals surface area contributed by atoms with E-state index >= 15 is 0 Å². The zero-order valence-corrected chi connectivity index (χ0v) is 12.1. The van der Waals surface area contributed by atoms with Crippen LogP contribution in [0.2, 0.25) is 0 Å². The van der Waals surface area contributed by atoms with Crippen LogP contribution in [0.4, 0.5) is 0 Å². The predicted molar refractivity (Wildman–Crippen MR) is 73.7 cm³/mol. The molecule has 1 aromatic heterocycles. The molecule has 3 nitrogen and oxygen atoms in total. The Morgan fingerprint density at radius 1 is 1.47 bits per heavy atom. The first-order valence-corrected chi connectivity index (χ1v) is 7.26. The van der Waals surface area contributed by atoms with Crippen LogP contribution < -0.4 is 5.32 Å². The number of likely N-dealkylation sites (N-methyl/N-ethyl adjacent to an activating group) is 1. The number of nitrogens with zero attached hydrogens (tertiary/aromatic N) is 2. The van der Waals surface area contributed by atoms with Gasteiger partial charge >= 0.3 is 0 Å². The number of likely N-dealkylation sites (tertiary alicyclic amines) is 1. The summed E-state index contributed by atoms with van der Waals surface area (Å²) in [6, 6.07) is 0.988. The van der Waals surface area contributed by atoms with E-state index in [1.54, 1.807) is 11.3 Å². The molecule has 1 aliphatic rings. The molecule has 0 saturated carbocycles. The summed E-state index contributed by atoms with van der Waals surface area (Å²) in [6.45, 7) is 8.89. The first kappa shape index (κ1) is 13.0. The average Bonchev–Trinajstić information content (AvgIpc) is 2.58. The summed E-state index contributed by atoms with van der Waals surface area (Å²) in [7, 11) is 2.21. The van der Waals surface area contributed by atoms with Gasteiger partial charge in [-0.05, 0) is 47.2 Å². The van der Waals surface area contributed by atoms with Gasteiger partial charge in [0.15, 0.2) is 0 Å². The Labute approximate surface area is 108 Å². The summed E-state index contributed by atoms with van der Waals surface area (Å²) >= 11 is 1.80. The van der Waals surface area contributed by atoms with Gasteiger partial charge in [-0.25, -0.2) is 4.98 Å². The number of thiazole rings is 1. The molecule has 4 heteroatoms. The van der Waals surface area contributed by atoms with Crippen LogP contribution in [-0.4, -0.2) is 36.1 Å². The molecule has 1 N–H and O–H groups in total. The molecular formula is C13H23N3S. The summed E-state index contributed by atoms with van der Waals surface area (Å²) in [5, 5.41) is 4.90. The van der Waals surface area contributed by atoms with E-state index in [1.165, 1.54) is 35.0 Å². The summed E-state index contributed by atoms with van der Waals surface area (Å²) < 4.78 is 0. The van der Waals surface area contributed by atoms with Gasteiger partial charge in [0.1, 0.15) is 0 Å². The molecule has 0 bridgehead atoms. The summed E-state index contributed by atoms with van der Waals surface area (Å²) in [5.74, 6) is 0. The molecule has 1 aliphatic heterocycles. The molecular weight excluding hydrogens is 230 g/mol. The zero-order chi connectivity index (χ0) is 12.4. The van der Waals surface area contributed by atoms with Crippen LogP contribution in [-0.2, 0) is 0 Å². The van der Waals surface area contributed by atoms with Gasteiger partial charge in [-0.15, -0.1) is 11.3 Å². The minimum absolute atomic E-state index is 0.372. The number of rotatable bonds is 3. The second-order valence-corrected chi connectivity index (χ2v) is 6.57. The smallest absolute Gasteiger partial charge is 0.0900 e. The lowest BCUT2D eigenvalue weighted by Gasteiger charge is -2.32. The van der Waals surface area contributed by atoms with E-state index in [9.17, 15) is 0 Å². The molecule has 0 radical (unpaired) electrons. The summed E-state index contributed by atoms with van der Waals surface area (Å²) in [6.07, 6.45) is 2.59. The fourth-order valence-corrected chi connectivity index (χ4v) is 3.60. The lowest BCUT2D eigenvalue weighted by molar-refractivity contribution is 0.218. The molecule has 0 spiro atoms. The first-order valence-electron chi connectivity index (χ1n) is 6.45. The van der Waals surface area contributed by atoms with Crippen molar-refractivity contribution in [3.63, 3.8) is 0 Å². The van der Waals surface area contributed by atoms with Gasteiger partial charge in [-0.1, -0.05) is 0 Å². The van der Waals surface area contributed by atoms with Gasteiger partial charge in [-0.3, -0.25) is 0 Å². The maximum Gasteiger partial charge on any atom is 0.0900 e. The molecule has 0 aliphatic carbocycles. The molecule has 0 amide bonds. The maximum atomic E-state index is 4.64. The van der Waals surface area contributed by atoms with Gasteiger partial charge in [0.25, 0.3) is 0 Å². The largest absolute Gasteiger partial charge is 0.305 e. The van der Waals surface area contributed by atoms with E-state index in [0.29, 0.717) is 12.1 Å².